The fraction of sp³-hybridized carbons (Fsp3) is 0.436. The van der Waals surface area contributed by atoms with Crippen molar-refractivity contribution in [2.45, 2.75) is 92.4 Å². The van der Waals surface area contributed by atoms with Gasteiger partial charge in [0.05, 0.1) is 0 Å². The maximum absolute atomic E-state index is 4.13. The number of hydrogen-bond acceptors (Lipinski definition) is 1. The molecule has 0 radical (unpaired) electrons. The SMILES string of the molecule is C1CC1.C=C(/C=C(/C)C(C)C)c1ccccc1C.C=CC(Br)=C(C)C.C=CC1(c2ccccc2)CC1.CCCNC. The minimum absolute atomic E-state index is 0.348. The second-order valence-electron chi connectivity index (χ2n) is 11.3. The zero-order valence-corrected chi connectivity index (χ0v) is 29.0. The molecular weight excluding hydrogens is 562 g/mol. The minimum atomic E-state index is 0.348. The van der Waals surface area contributed by atoms with Gasteiger partial charge in [-0.3, -0.25) is 0 Å². The van der Waals surface area contributed by atoms with Crippen molar-refractivity contribution in [2.75, 3.05) is 13.6 Å². The van der Waals surface area contributed by atoms with Crippen LogP contribution in [-0.2, 0) is 5.41 Å². The fourth-order valence-corrected chi connectivity index (χ4v) is 3.42. The summed E-state index contributed by atoms with van der Waals surface area (Å²) in [4.78, 5) is 0. The van der Waals surface area contributed by atoms with Gasteiger partial charge in [-0.1, -0.05) is 153 Å². The number of nitrogens with one attached hydrogen (secondary N) is 1. The van der Waals surface area contributed by atoms with Gasteiger partial charge in [-0.2, -0.15) is 0 Å². The highest BCUT2D eigenvalue weighted by molar-refractivity contribution is 9.11. The lowest BCUT2D eigenvalue weighted by Gasteiger charge is -2.09. The molecule has 2 aliphatic carbocycles. The van der Waals surface area contributed by atoms with E-state index in [1.165, 1.54) is 66.4 Å². The molecule has 2 aliphatic rings. The summed E-state index contributed by atoms with van der Waals surface area (Å²) in [7, 11) is 1.96. The van der Waals surface area contributed by atoms with Crippen LogP contribution in [0.1, 0.15) is 96.8 Å². The largest absolute Gasteiger partial charge is 0.320 e. The van der Waals surface area contributed by atoms with Gasteiger partial charge < -0.3 is 5.32 Å². The molecule has 0 bridgehead atoms. The molecule has 41 heavy (non-hydrogen) atoms. The van der Waals surface area contributed by atoms with E-state index in [1.807, 2.05) is 20.9 Å². The number of benzene rings is 2. The Labute approximate surface area is 262 Å². The van der Waals surface area contributed by atoms with Crippen molar-refractivity contribution in [1.82, 2.24) is 5.32 Å². The fourth-order valence-electron chi connectivity index (χ4n) is 3.42. The molecular formula is C39H58BrN. The molecule has 2 aromatic carbocycles. The molecule has 0 spiro atoms. The summed E-state index contributed by atoms with van der Waals surface area (Å²) in [6.45, 7) is 27.6. The van der Waals surface area contributed by atoms with Gasteiger partial charge >= 0.3 is 0 Å². The van der Waals surface area contributed by atoms with E-state index in [2.05, 4.69) is 142 Å². The predicted molar refractivity (Wildman–Crippen MR) is 192 cm³/mol. The maximum atomic E-state index is 4.13. The molecule has 2 fully saturated rings. The monoisotopic (exact) mass is 619 g/mol. The van der Waals surface area contributed by atoms with Crippen LogP contribution in [-0.4, -0.2) is 13.6 Å². The summed E-state index contributed by atoms with van der Waals surface area (Å²) in [5.74, 6) is 0.589. The molecule has 2 heteroatoms. The summed E-state index contributed by atoms with van der Waals surface area (Å²) in [5.41, 5.74) is 8.06. The normalized spacial score (nSPS) is 13.7. The van der Waals surface area contributed by atoms with Crippen molar-refractivity contribution in [3.8, 4) is 0 Å². The van der Waals surface area contributed by atoms with Gasteiger partial charge in [-0.25, -0.2) is 0 Å². The summed E-state index contributed by atoms with van der Waals surface area (Å²) in [5, 5.41) is 3.02. The lowest BCUT2D eigenvalue weighted by atomic mass is 9.97. The lowest BCUT2D eigenvalue weighted by molar-refractivity contribution is 0.770. The second-order valence-corrected chi connectivity index (χ2v) is 12.2. The average molecular weight is 621 g/mol. The summed E-state index contributed by atoms with van der Waals surface area (Å²) in [6, 6.07) is 19.0. The van der Waals surface area contributed by atoms with Gasteiger partial charge in [0.2, 0.25) is 0 Å². The van der Waals surface area contributed by atoms with Crippen LogP contribution >= 0.6 is 15.9 Å². The standard InChI is InChI=1S/C15H20.C11H12.C6H9Br.C4H11N.C3H6/c1-11(2)13(4)10-14(5)15-9-7-6-8-12(15)3;1-2-11(8-9-11)10-6-4-3-5-7-10;1-4-6(7)5(2)3;1-3-4-5-2;1-2-3-1/h6-11H,5H2,1-4H3;2-7H,1,8-9H2;4H,1H2,2-3H3;5H,3-4H2,1-2H3;1-3H2/b13-10-;;;;. The average Bonchev–Trinajstić information content (AvgIpc) is 3.89. The maximum Gasteiger partial charge on any atom is 0.0155 e. The molecule has 0 saturated heterocycles. The number of aryl methyl sites for hydroxylation is 1. The molecule has 1 nitrogen and oxygen atoms in total. The van der Waals surface area contributed by atoms with Crippen LogP contribution < -0.4 is 5.32 Å². The van der Waals surface area contributed by atoms with Gasteiger partial charge in [0.1, 0.15) is 0 Å². The van der Waals surface area contributed by atoms with E-state index in [-0.39, 0.29) is 0 Å². The Hall–Kier alpha value is -2.42. The molecule has 226 valence electrons. The predicted octanol–water partition coefficient (Wildman–Crippen LogP) is 12.2. The second kappa shape index (κ2) is 22.2. The van der Waals surface area contributed by atoms with E-state index in [9.17, 15) is 0 Å². The third-order valence-corrected chi connectivity index (χ3v) is 7.96. The van der Waals surface area contributed by atoms with Gasteiger partial charge in [-0.05, 0) is 88.7 Å². The highest BCUT2D eigenvalue weighted by atomic mass is 79.9. The summed E-state index contributed by atoms with van der Waals surface area (Å²) >= 11 is 3.30. The first kappa shape index (κ1) is 38.6. The molecule has 0 amide bonds. The molecule has 2 saturated carbocycles. The number of hydrogen-bond donors (Lipinski definition) is 1. The van der Waals surface area contributed by atoms with E-state index in [0.29, 0.717) is 11.3 Å². The summed E-state index contributed by atoms with van der Waals surface area (Å²) in [6.07, 6.45) is 14.3. The smallest absolute Gasteiger partial charge is 0.0155 e. The first-order valence-electron chi connectivity index (χ1n) is 15.2. The molecule has 0 aromatic heterocycles. The Morgan fingerprint density at radius 2 is 1.49 bits per heavy atom. The Balaban J connectivity index is 0.000000537. The van der Waals surface area contributed by atoms with E-state index in [0.717, 1.165) is 16.6 Å². The minimum Gasteiger partial charge on any atom is -0.320 e. The van der Waals surface area contributed by atoms with Crippen molar-refractivity contribution >= 4 is 21.5 Å². The molecule has 2 aromatic rings. The first-order valence-corrected chi connectivity index (χ1v) is 16.0. The third kappa shape index (κ3) is 17.9. The Morgan fingerprint density at radius 1 is 0.951 bits per heavy atom. The van der Waals surface area contributed by atoms with Crippen molar-refractivity contribution in [2.24, 2.45) is 5.92 Å². The van der Waals surface area contributed by atoms with Crippen LogP contribution in [0.5, 0.6) is 0 Å². The van der Waals surface area contributed by atoms with Crippen LogP contribution in [0.3, 0.4) is 0 Å². The molecule has 4 rings (SSSR count). The zero-order valence-electron chi connectivity index (χ0n) is 27.5. The topological polar surface area (TPSA) is 12.0 Å². The van der Waals surface area contributed by atoms with Crippen LogP contribution in [0.2, 0.25) is 0 Å². The molecule has 0 unspecified atom stereocenters. The van der Waals surface area contributed by atoms with Crippen molar-refractivity contribution in [3.05, 3.63) is 125 Å². The van der Waals surface area contributed by atoms with E-state index >= 15 is 0 Å². The lowest BCUT2D eigenvalue weighted by Crippen LogP contribution is -2.04. The first-order chi connectivity index (χ1) is 19.5. The Kier molecular flexibility index (Phi) is 20.9. The third-order valence-electron chi connectivity index (χ3n) is 6.84. The number of halogens is 1. The van der Waals surface area contributed by atoms with Crippen LogP contribution in [0.4, 0.5) is 0 Å². The van der Waals surface area contributed by atoms with Gasteiger partial charge in [0.15, 0.2) is 0 Å². The van der Waals surface area contributed by atoms with Crippen LogP contribution in [0.25, 0.3) is 5.57 Å². The molecule has 0 heterocycles. The van der Waals surface area contributed by atoms with Crippen molar-refractivity contribution in [1.29, 1.82) is 0 Å². The summed E-state index contributed by atoms with van der Waals surface area (Å²) < 4.78 is 1.09. The van der Waals surface area contributed by atoms with Crippen molar-refractivity contribution in [3.63, 3.8) is 0 Å². The van der Waals surface area contributed by atoms with E-state index in [1.54, 1.807) is 6.08 Å². The molecule has 1 N–H and O–H groups in total. The Morgan fingerprint density at radius 3 is 1.80 bits per heavy atom. The highest BCUT2D eigenvalue weighted by Gasteiger charge is 2.40. The van der Waals surface area contributed by atoms with Crippen LogP contribution in [0.15, 0.2) is 108 Å². The highest BCUT2D eigenvalue weighted by Crippen LogP contribution is 2.48. The van der Waals surface area contributed by atoms with E-state index in [4.69, 9.17) is 0 Å². The zero-order chi connectivity index (χ0) is 31.3. The Bertz CT molecular complexity index is 1070. The van der Waals surface area contributed by atoms with Gasteiger partial charge in [0, 0.05) is 9.90 Å². The van der Waals surface area contributed by atoms with Crippen LogP contribution in [0, 0.1) is 12.8 Å². The van der Waals surface area contributed by atoms with Gasteiger partial charge in [0.25, 0.3) is 0 Å². The van der Waals surface area contributed by atoms with Gasteiger partial charge in [-0.15, -0.1) is 6.58 Å². The number of rotatable bonds is 8. The van der Waals surface area contributed by atoms with E-state index < -0.39 is 0 Å². The van der Waals surface area contributed by atoms with Crippen molar-refractivity contribution < 1.29 is 0 Å². The molecule has 0 atom stereocenters. The molecule has 0 aliphatic heterocycles. The number of allylic oxidation sites excluding steroid dienone is 7. The quantitative estimate of drug-likeness (QED) is 0.229.